The monoisotopic (exact) mass is 481 g/mol. The smallest absolute Gasteiger partial charge is 0.262 e. The number of methoxy groups -OCH3 is 1. The highest BCUT2D eigenvalue weighted by molar-refractivity contribution is 7.92. The molecule has 0 bridgehead atoms. The van der Waals surface area contributed by atoms with E-state index in [1.54, 1.807) is 61.5 Å². The molecule has 3 aromatic rings. The van der Waals surface area contributed by atoms with E-state index in [9.17, 15) is 18.0 Å². The molecule has 2 amide bonds. The number of benzene rings is 3. The van der Waals surface area contributed by atoms with Gasteiger partial charge in [0.05, 0.1) is 22.8 Å². The van der Waals surface area contributed by atoms with E-state index < -0.39 is 15.9 Å². The molecule has 8 nitrogen and oxygen atoms in total. The van der Waals surface area contributed by atoms with Crippen molar-refractivity contribution in [2.45, 2.75) is 18.7 Å². The zero-order chi connectivity index (χ0) is 24.7. The fourth-order valence-corrected chi connectivity index (χ4v) is 4.54. The zero-order valence-electron chi connectivity index (χ0n) is 19.2. The summed E-state index contributed by atoms with van der Waals surface area (Å²) in [6.45, 7) is 4.25. The van der Waals surface area contributed by atoms with Gasteiger partial charge in [-0.25, -0.2) is 8.42 Å². The van der Waals surface area contributed by atoms with Gasteiger partial charge in [-0.3, -0.25) is 14.3 Å². The molecule has 0 aromatic heterocycles. The van der Waals surface area contributed by atoms with Crippen LogP contribution in [0, 0.1) is 13.8 Å². The van der Waals surface area contributed by atoms with Crippen molar-refractivity contribution in [3.8, 4) is 0 Å². The summed E-state index contributed by atoms with van der Waals surface area (Å²) >= 11 is 0. The number of carbonyl (C=O) groups excluding carboxylic acids is 2. The third-order valence-electron chi connectivity index (χ3n) is 5.06. The van der Waals surface area contributed by atoms with Crippen LogP contribution in [-0.2, 0) is 14.8 Å². The highest BCUT2D eigenvalue weighted by atomic mass is 32.2. The van der Waals surface area contributed by atoms with E-state index in [1.807, 2.05) is 6.92 Å². The Morgan fingerprint density at radius 1 is 0.912 bits per heavy atom. The molecule has 178 valence electrons. The van der Waals surface area contributed by atoms with Crippen LogP contribution in [0.1, 0.15) is 31.8 Å². The fourth-order valence-electron chi connectivity index (χ4n) is 3.21. The van der Waals surface area contributed by atoms with Crippen LogP contribution in [0.25, 0.3) is 0 Å². The van der Waals surface area contributed by atoms with Crippen LogP contribution in [0.4, 0.5) is 11.4 Å². The van der Waals surface area contributed by atoms with Crippen LogP contribution in [0.15, 0.2) is 71.6 Å². The van der Waals surface area contributed by atoms with Gasteiger partial charge in [0.15, 0.2) is 0 Å². The van der Waals surface area contributed by atoms with Gasteiger partial charge >= 0.3 is 0 Å². The Labute approximate surface area is 199 Å². The summed E-state index contributed by atoms with van der Waals surface area (Å²) < 4.78 is 33.5. The largest absolute Gasteiger partial charge is 0.383 e. The molecule has 0 aliphatic carbocycles. The molecule has 0 unspecified atom stereocenters. The summed E-state index contributed by atoms with van der Waals surface area (Å²) in [7, 11) is -2.39. The average Bonchev–Trinajstić information content (AvgIpc) is 2.81. The first-order chi connectivity index (χ1) is 16.2. The standard InChI is InChI=1S/C25H27N3O5S/c1-17-8-12-20(13-9-17)28-34(31,32)23-16-19(11-10-18(23)2)24(29)27-22-7-5-4-6-21(22)25(30)26-14-15-33-3/h4-13,16,28H,14-15H2,1-3H3,(H,26,30)(H,27,29). The van der Waals surface area contributed by atoms with Gasteiger partial charge < -0.3 is 15.4 Å². The highest BCUT2D eigenvalue weighted by Crippen LogP contribution is 2.23. The van der Waals surface area contributed by atoms with Crippen molar-refractivity contribution in [2.24, 2.45) is 0 Å². The molecule has 3 rings (SSSR count). The van der Waals surface area contributed by atoms with Crippen molar-refractivity contribution in [1.82, 2.24) is 5.32 Å². The Kier molecular flexibility index (Phi) is 8.04. The number of amides is 2. The molecule has 0 atom stereocenters. The number of rotatable bonds is 9. The molecule has 0 spiro atoms. The Morgan fingerprint density at radius 3 is 2.32 bits per heavy atom. The number of hydrogen-bond acceptors (Lipinski definition) is 5. The number of hydrogen-bond donors (Lipinski definition) is 3. The van der Waals surface area contributed by atoms with E-state index in [0.29, 0.717) is 30.1 Å². The van der Waals surface area contributed by atoms with Crippen LogP contribution in [0.2, 0.25) is 0 Å². The third-order valence-corrected chi connectivity index (χ3v) is 6.58. The number of anilines is 2. The number of ether oxygens (including phenoxy) is 1. The zero-order valence-corrected chi connectivity index (χ0v) is 20.0. The lowest BCUT2D eigenvalue weighted by Gasteiger charge is -2.14. The average molecular weight is 482 g/mol. The topological polar surface area (TPSA) is 114 Å². The number of aryl methyl sites for hydroxylation is 2. The highest BCUT2D eigenvalue weighted by Gasteiger charge is 2.20. The second-order valence-electron chi connectivity index (χ2n) is 7.70. The summed E-state index contributed by atoms with van der Waals surface area (Å²) in [5, 5.41) is 5.42. The summed E-state index contributed by atoms with van der Waals surface area (Å²) in [6, 6.07) is 18.0. The molecule has 34 heavy (non-hydrogen) atoms. The second kappa shape index (κ2) is 11.0. The van der Waals surface area contributed by atoms with Crippen LogP contribution in [0.3, 0.4) is 0 Å². The van der Waals surface area contributed by atoms with Crippen molar-refractivity contribution in [1.29, 1.82) is 0 Å². The van der Waals surface area contributed by atoms with Crippen LogP contribution in [0.5, 0.6) is 0 Å². The van der Waals surface area contributed by atoms with Gasteiger partial charge in [0.2, 0.25) is 0 Å². The molecule has 3 N–H and O–H groups in total. The predicted octanol–water partition coefficient (Wildman–Crippen LogP) is 3.73. The SMILES string of the molecule is COCCNC(=O)c1ccccc1NC(=O)c1ccc(C)c(S(=O)(=O)Nc2ccc(C)cc2)c1. The quantitative estimate of drug-likeness (QED) is 0.403. The molecular weight excluding hydrogens is 454 g/mol. The predicted molar refractivity (Wildman–Crippen MR) is 132 cm³/mol. The van der Waals surface area contributed by atoms with E-state index in [-0.39, 0.29) is 21.9 Å². The molecule has 0 aliphatic heterocycles. The molecule has 3 aromatic carbocycles. The third kappa shape index (κ3) is 6.21. The van der Waals surface area contributed by atoms with Gasteiger partial charge in [0.25, 0.3) is 21.8 Å². The maximum Gasteiger partial charge on any atom is 0.262 e. The molecule has 0 aliphatic rings. The van der Waals surface area contributed by atoms with Gasteiger partial charge in [-0.05, 0) is 55.8 Å². The molecule has 0 saturated heterocycles. The molecule has 9 heteroatoms. The Hall–Kier alpha value is -3.69. The summed E-state index contributed by atoms with van der Waals surface area (Å²) in [5.41, 5.74) is 2.66. The van der Waals surface area contributed by atoms with Gasteiger partial charge in [0, 0.05) is 24.9 Å². The van der Waals surface area contributed by atoms with Crippen molar-refractivity contribution in [3.63, 3.8) is 0 Å². The molecule has 0 fully saturated rings. The van der Waals surface area contributed by atoms with E-state index in [4.69, 9.17) is 4.74 Å². The van der Waals surface area contributed by atoms with Crippen molar-refractivity contribution in [2.75, 3.05) is 30.3 Å². The summed E-state index contributed by atoms with van der Waals surface area (Å²) in [5.74, 6) is -0.897. The van der Waals surface area contributed by atoms with E-state index >= 15 is 0 Å². The number of carbonyl (C=O) groups is 2. The van der Waals surface area contributed by atoms with Crippen LogP contribution >= 0.6 is 0 Å². The first-order valence-electron chi connectivity index (χ1n) is 10.6. The van der Waals surface area contributed by atoms with Gasteiger partial charge in [0.1, 0.15) is 0 Å². The minimum atomic E-state index is -3.93. The van der Waals surface area contributed by atoms with Gasteiger partial charge in [-0.2, -0.15) is 0 Å². The van der Waals surface area contributed by atoms with Crippen molar-refractivity contribution >= 4 is 33.2 Å². The lowest BCUT2D eigenvalue weighted by Crippen LogP contribution is -2.28. The Balaban J connectivity index is 1.83. The van der Waals surface area contributed by atoms with Crippen LogP contribution < -0.4 is 15.4 Å². The summed E-state index contributed by atoms with van der Waals surface area (Å²) in [6.07, 6.45) is 0. The van der Waals surface area contributed by atoms with E-state index in [0.717, 1.165) is 5.56 Å². The van der Waals surface area contributed by atoms with Gasteiger partial charge in [-0.15, -0.1) is 0 Å². The lowest BCUT2D eigenvalue weighted by atomic mass is 10.1. The molecule has 0 saturated carbocycles. The minimum Gasteiger partial charge on any atom is -0.383 e. The maximum absolute atomic E-state index is 13.0. The Bertz CT molecular complexity index is 1290. The van der Waals surface area contributed by atoms with E-state index in [2.05, 4.69) is 15.4 Å². The number of para-hydroxylation sites is 1. The number of nitrogens with one attached hydrogen (secondary N) is 3. The first kappa shape index (κ1) is 24.9. The maximum atomic E-state index is 13.0. The number of sulfonamides is 1. The van der Waals surface area contributed by atoms with E-state index in [1.165, 1.54) is 19.2 Å². The van der Waals surface area contributed by atoms with Crippen molar-refractivity contribution < 1.29 is 22.7 Å². The van der Waals surface area contributed by atoms with Crippen LogP contribution in [-0.4, -0.2) is 40.5 Å². The minimum absolute atomic E-state index is 0.00804. The fraction of sp³-hybridized carbons (Fsp3) is 0.200. The first-order valence-corrected chi connectivity index (χ1v) is 12.1. The lowest BCUT2D eigenvalue weighted by molar-refractivity contribution is 0.0938. The second-order valence-corrected chi connectivity index (χ2v) is 9.35. The molecule has 0 heterocycles. The summed E-state index contributed by atoms with van der Waals surface area (Å²) in [4.78, 5) is 25.4. The Morgan fingerprint density at radius 2 is 1.62 bits per heavy atom. The van der Waals surface area contributed by atoms with Crippen molar-refractivity contribution in [3.05, 3.63) is 89.0 Å². The van der Waals surface area contributed by atoms with Gasteiger partial charge in [-0.1, -0.05) is 35.9 Å². The molecular formula is C25H27N3O5S. The molecule has 0 radical (unpaired) electrons. The normalized spacial score (nSPS) is 11.0.